The highest BCUT2D eigenvalue weighted by molar-refractivity contribution is 8.15. The first-order chi connectivity index (χ1) is 13.9. The van der Waals surface area contributed by atoms with E-state index >= 15 is 0 Å². The molecule has 1 aromatic carbocycles. The molecule has 0 amide bonds. The highest BCUT2D eigenvalue weighted by Crippen LogP contribution is 2.36. The average Bonchev–Trinajstić information content (AvgIpc) is 2.66. The zero-order valence-electron chi connectivity index (χ0n) is 16.1. The van der Waals surface area contributed by atoms with Gasteiger partial charge in [-0.3, -0.25) is 9.45 Å². The number of fused-ring (bicyclic) bond motifs is 1. The van der Waals surface area contributed by atoms with Crippen molar-refractivity contribution in [2.45, 2.75) is 21.1 Å². The maximum absolute atomic E-state index is 12.7. The molecule has 0 bridgehead atoms. The highest BCUT2D eigenvalue weighted by Gasteiger charge is 2.31. The van der Waals surface area contributed by atoms with E-state index in [1.807, 2.05) is 9.80 Å². The summed E-state index contributed by atoms with van der Waals surface area (Å²) in [4.78, 5) is 3.99. The zero-order valence-corrected chi connectivity index (χ0v) is 19.3. The second kappa shape index (κ2) is 8.72. The minimum atomic E-state index is -4.05. The molecule has 0 spiro atoms. The number of piperazine rings is 1. The van der Waals surface area contributed by atoms with Gasteiger partial charge in [-0.1, -0.05) is 0 Å². The Bertz CT molecular complexity index is 1160. The van der Waals surface area contributed by atoms with Crippen LogP contribution in [-0.4, -0.2) is 90.3 Å². The first-order valence-corrected chi connectivity index (χ1v) is 14.3. The average molecular weight is 499 g/mol. The second-order valence-corrected chi connectivity index (χ2v) is 12.8. The van der Waals surface area contributed by atoms with E-state index in [2.05, 4.69) is 9.12 Å². The van der Waals surface area contributed by atoms with Gasteiger partial charge in [-0.2, -0.15) is 16.8 Å². The molecule has 0 saturated carbocycles. The van der Waals surface area contributed by atoms with Crippen molar-refractivity contribution in [3.05, 3.63) is 18.2 Å². The summed E-state index contributed by atoms with van der Waals surface area (Å²) in [6, 6.07) is 3.92. The lowest BCUT2D eigenvalue weighted by atomic mass is 10.3. The molecular formula is C15H22N4O7S4. The Morgan fingerprint density at radius 3 is 2.43 bits per heavy atom. The fraction of sp³-hybridized carbons (Fsp3) is 0.533. The van der Waals surface area contributed by atoms with Gasteiger partial charge in [-0.05, 0) is 50.0 Å². The van der Waals surface area contributed by atoms with E-state index in [9.17, 15) is 25.3 Å². The van der Waals surface area contributed by atoms with Crippen molar-refractivity contribution in [2.24, 2.45) is 4.40 Å². The summed E-state index contributed by atoms with van der Waals surface area (Å²) in [5.74, 6) is -0.296. The van der Waals surface area contributed by atoms with Crippen LogP contribution in [0.2, 0.25) is 0 Å². The Labute approximate surface area is 180 Å². The van der Waals surface area contributed by atoms with Crippen LogP contribution in [0.4, 0.5) is 0 Å². The molecule has 2 heterocycles. The van der Waals surface area contributed by atoms with Gasteiger partial charge in [0.05, 0.1) is 10.6 Å². The summed E-state index contributed by atoms with van der Waals surface area (Å²) in [5.41, 5.74) is 0. The van der Waals surface area contributed by atoms with Crippen molar-refractivity contribution in [1.29, 1.82) is 0 Å². The molecule has 0 aromatic heterocycles. The van der Waals surface area contributed by atoms with Gasteiger partial charge in [0, 0.05) is 31.1 Å². The molecule has 0 radical (unpaired) electrons. The predicted octanol–water partition coefficient (Wildman–Crippen LogP) is -0.359. The highest BCUT2D eigenvalue weighted by atomic mass is 32.2. The summed E-state index contributed by atoms with van der Waals surface area (Å²) in [6.45, 7) is 2.72. The molecule has 30 heavy (non-hydrogen) atoms. The Morgan fingerprint density at radius 1 is 1.17 bits per heavy atom. The molecule has 1 aromatic rings. The van der Waals surface area contributed by atoms with Crippen LogP contribution in [0, 0.1) is 0 Å². The van der Waals surface area contributed by atoms with Crippen molar-refractivity contribution in [3.63, 3.8) is 0 Å². The van der Waals surface area contributed by atoms with Crippen molar-refractivity contribution in [1.82, 2.24) is 14.5 Å². The van der Waals surface area contributed by atoms with Gasteiger partial charge >= 0.3 is 0 Å². The van der Waals surface area contributed by atoms with E-state index in [1.165, 1.54) is 30.9 Å². The molecule has 3 rings (SSSR count). The standard InChI is InChI=1S/C15H22N4O7S4/c1-16-29(23,24)12-3-4-13-14(11-12)30(25,26)17-15(27-13)19-8-6-18(7-9-19)5-2-10-28(20,21)22/h3-4,11,16H,2,5-10H2,1H3,(H,20,21,22). The van der Waals surface area contributed by atoms with Crippen molar-refractivity contribution in [2.75, 3.05) is 45.5 Å². The minimum absolute atomic E-state index is 0.142. The third-order valence-corrected chi connectivity index (χ3v) is 9.57. The van der Waals surface area contributed by atoms with Crippen LogP contribution in [0.25, 0.3) is 0 Å². The normalized spacial score (nSPS) is 19.9. The number of thioether (sulfide) groups is 1. The first kappa shape index (κ1) is 23.4. The van der Waals surface area contributed by atoms with Crippen LogP contribution in [0.1, 0.15) is 6.42 Å². The number of sulfonamides is 2. The maximum atomic E-state index is 12.7. The van der Waals surface area contributed by atoms with E-state index in [0.717, 1.165) is 6.07 Å². The minimum Gasteiger partial charge on any atom is -0.348 e. The van der Waals surface area contributed by atoms with Crippen LogP contribution < -0.4 is 4.72 Å². The topological polar surface area (TPSA) is 154 Å². The molecule has 0 aliphatic carbocycles. The second-order valence-electron chi connectivity index (χ2n) is 6.74. The summed E-state index contributed by atoms with van der Waals surface area (Å²) in [6.07, 6.45) is 0.314. The van der Waals surface area contributed by atoms with E-state index < -0.39 is 30.2 Å². The van der Waals surface area contributed by atoms with Crippen molar-refractivity contribution >= 4 is 47.1 Å². The first-order valence-electron chi connectivity index (χ1n) is 8.94. The lowest BCUT2D eigenvalue weighted by Gasteiger charge is -2.36. The molecule has 2 aliphatic rings. The predicted molar refractivity (Wildman–Crippen MR) is 112 cm³/mol. The van der Waals surface area contributed by atoms with Gasteiger partial charge < -0.3 is 4.90 Å². The fourth-order valence-corrected chi connectivity index (χ4v) is 7.11. The largest absolute Gasteiger partial charge is 0.348 e. The molecule has 168 valence electrons. The Morgan fingerprint density at radius 2 is 1.83 bits per heavy atom. The molecule has 1 fully saturated rings. The van der Waals surface area contributed by atoms with E-state index in [0.29, 0.717) is 49.2 Å². The number of amidine groups is 1. The molecule has 1 saturated heterocycles. The zero-order chi connectivity index (χ0) is 22.2. The van der Waals surface area contributed by atoms with E-state index in [-0.39, 0.29) is 15.5 Å². The van der Waals surface area contributed by atoms with Gasteiger partial charge in [0.15, 0.2) is 5.17 Å². The third-order valence-electron chi connectivity index (χ3n) is 4.69. The van der Waals surface area contributed by atoms with Crippen molar-refractivity contribution in [3.8, 4) is 0 Å². The number of hydrogen-bond acceptors (Lipinski definition) is 9. The number of nitrogens with zero attached hydrogens (tertiary/aromatic N) is 3. The van der Waals surface area contributed by atoms with Gasteiger partial charge in [-0.25, -0.2) is 13.1 Å². The van der Waals surface area contributed by atoms with Crippen LogP contribution in [0.3, 0.4) is 0 Å². The summed E-state index contributed by atoms with van der Waals surface area (Å²) < 4.78 is 85.7. The monoisotopic (exact) mass is 498 g/mol. The Hall–Kier alpha value is -1.23. The van der Waals surface area contributed by atoms with Gasteiger partial charge in [0.25, 0.3) is 20.1 Å². The van der Waals surface area contributed by atoms with E-state index in [4.69, 9.17) is 4.55 Å². The number of nitrogens with one attached hydrogen (secondary N) is 1. The summed E-state index contributed by atoms with van der Waals surface area (Å²) in [7, 11) is -10.6. The molecule has 2 N–H and O–H groups in total. The molecule has 15 heteroatoms. The van der Waals surface area contributed by atoms with Crippen LogP contribution in [0.5, 0.6) is 0 Å². The van der Waals surface area contributed by atoms with Crippen molar-refractivity contribution < 1.29 is 29.8 Å². The Balaban J connectivity index is 1.69. The quantitative estimate of drug-likeness (QED) is 0.497. The Kier molecular flexibility index (Phi) is 6.81. The molecule has 0 atom stereocenters. The van der Waals surface area contributed by atoms with Crippen LogP contribution in [-0.2, 0) is 30.2 Å². The fourth-order valence-electron chi connectivity index (χ4n) is 3.08. The SMILES string of the molecule is CNS(=O)(=O)c1ccc2c(c1)S(=O)(=O)N=C(N1CCN(CCCS(=O)(=O)O)CC1)S2. The van der Waals surface area contributed by atoms with Gasteiger partial charge in [-0.15, -0.1) is 4.40 Å². The molecule has 2 aliphatic heterocycles. The maximum Gasteiger partial charge on any atom is 0.285 e. The molecule has 11 nitrogen and oxygen atoms in total. The van der Waals surface area contributed by atoms with E-state index in [1.54, 1.807) is 0 Å². The lowest BCUT2D eigenvalue weighted by molar-refractivity contribution is 0.184. The van der Waals surface area contributed by atoms with Gasteiger partial charge in [0.2, 0.25) is 10.0 Å². The lowest BCUT2D eigenvalue weighted by Crippen LogP contribution is -2.48. The van der Waals surface area contributed by atoms with Gasteiger partial charge in [0.1, 0.15) is 4.90 Å². The summed E-state index contributed by atoms with van der Waals surface area (Å²) >= 11 is 1.17. The number of hydrogen-bond donors (Lipinski definition) is 2. The number of rotatable bonds is 6. The van der Waals surface area contributed by atoms with Crippen LogP contribution >= 0.6 is 11.8 Å². The summed E-state index contributed by atoms with van der Waals surface area (Å²) in [5, 5.41) is 0.323. The van der Waals surface area contributed by atoms with Crippen LogP contribution in [0.15, 0.2) is 37.3 Å². The molecular weight excluding hydrogens is 476 g/mol. The molecule has 0 unspecified atom stereocenters. The smallest absolute Gasteiger partial charge is 0.285 e. The number of benzene rings is 1. The third kappa shape index (κ3) is 5.52.